The predicted molar refractivity (Wildman–Crippen MR) is 99.1 cm³/mol. The maximum atomic E-state index is 13.1. The van der Waals surface area contributed by atoms with Crippen LogP contribution in [0.3, 0.4) is 0 Å². The molecule has 3 rings (SSSR count). The van der Waals surface area contributed by atoms with Gasteiger partial charge in [0.05, 0.1) is 18.0 Å². The molecule has 0 amide bonds. The third-order valence-electron chi connectivity index (χ3n) is 3.90. The molecular weight excluding hydrogens is 393 g/mol. The minimum absolute atomic E-state index is 0.129. The Morgan fingerprint density at radius 1 is 1.25 bits per heavy atom. The van der Waals surface area contributed by atoms with Crippen LogP contribution in [-0.2, 0) is 22.3 Å². The molecule has 1 aromatic carbocycles. The van der Waals surface area contributed by atoms with Crippen molar-refractivity contribution >= 4 is 17.9 Å². The van der Waals surface area contributed by atoms with Gasteiger partial charge >= 0.3 is 12.1 Å². The van der Waals surface area contributed by atoms with E-state index < -0.39 is 24.4 Å². The maximum Gasteiger partial charge on any atom is 0.435 e. The average molecular weight is 410 g/mol. The number of esters is 1. The predicted octanol–water partition coefficient (Wildman–Crippen LogP) is 4.09. The molecule has 2 aromatic heterocycles. The molecular formula is C18H17F3N4O2S. The Morgan fingerprint density at radius 3 is 2.68 bits per heavy atom. The lowest BCUT2D eigenvalue weighted by Gasteiger charge is -2.06. The average Bonchev–Trinajstić information content (AvgIpc) is 3.28. The SMILES string of the molecule is CCOC(=O)Cn1nc(C(F)(F)F)cc1-c1ccc(-c2cccc(SN)c2)[nH]1. The van der Waals surface area contributed by atoms with Crippen molar-refractivity contribution in [1.29, 1.82) is 0 Å². The number of nitrogens with two attached hydrogens (primary N) is 1. The van der Waals surface area contributed by atoms with E-state index in [2.05, 4.69) is 10.1 Å². The van der Waals surface area contributed by atoms with Gasteiger partial charge in [-0.25, -0.2) is 0 Å². The first-order valence-corrected chi connectivity index (χ1v) is 9.17. The summed E-state index contributed by atoms with van der Waals surface area (Å²) < 4.78 is 45.2. The molecule has 0 fully saturated rings. The third kappa shape index (κ3) is 4.39. The quantitative estimate of drug-likeness (QED) is 0.472. The van der Waals surface area contributed by atoms with Crippen LogP contribution < -0.4 is 5.14 Å². The van der Waals surface area contributed by atoms with Gasteiger partial charge in [0, 0.05) is 10.6 Å². The van der Waals surface area contributed by atoms with E-state index in [1.54, 1.807) is 19.1 Å². The summed E-state index contributed by atoms with van der Waals surface area (Å²) in [4.78, 5) is 15.7. The Morgan fingerprint density at radius 2 is 2.00 bits per heavy atom. The first-order chi connectivity index (χ1) is 13.3. The second kappa shape index (κ2) is 8.11. The Bertz CT molecular complexity index is 981. The van der Waals surface area contributed by atoms with E-state index in [1.165, 1.54) is 0 Å². The minimum Gasteiger partial charge on any atom is -0.465 e. The molecule has 0 atom stereocenters. The zero-order valence-electron chi connectivity index (χ0n) is 14.8. The van der Waals surface area contributed by atoms with E-state index in [9.17, 15) is 18.0 Å². The molecule has 6 nitrogen and oxygen atoms in total. The second-order valence-electron chi connectivity index (χ2n) is 5.81. The first kappa shape index (κ1) is 20.0. The smallest absolute Gasteiger partial charge is 0.435 e. The van der Waals surface area contributed by atoms with Crippen molar-refractivity contribution in [3.63, 3.8) is 0 Å². The summed E-state index contributed by atoms with van der Waals surface area (Å²) in [7, 11) is 0. The van der Waals surface area contributed by atoms with Crippen LogP contribution in [0.1, 0.15) is 12.6 Å². The molecule has 148 valence electrons. The summed E-state index contributed by atoms with van der Waals surface area (Å²) in [5.41, 5.74) is 0.978. The van der Waals surface area contributed by atoms with Crippen molar-refractivity contribution < 1.29 is 22.7 Å². The zero-order chi connectivity index (χ0) is 20.3. The van der Waals surface area contributed by atoms with Crippen LogP contribution in [0, 0.1) is 0 Å². The monoisotopic (exact) mass is 410 g/mol. The summed E-state index contributed by atoms with van der Waals surface area (Å²) in [6, 6.07) is 11.7. The van der Waals surface area contributed by atoms with Gasteiger partial charge in [0.25, 0.3) is 0 Å². The summed E-state index contributed by atoms with van der Waals surface area (Å²) in [5, 5.41) is 9.11. The molecule has 0 aliphatic carbocycles. The fourth-order valence-corrected chi connectivity index (χ4v) is 3.02. The highest BCUT2D eigenvalue weighted by Gasteiger charge is 2.35. The highest BCUT2D eigenvalue weighted by atomic mass is 32.2. The number of benzene rings is 1. The molecule has 0 unspecified atom stereocenters. The largest absolute Gasteiger partial charge is 0.465 e. The van der Waals surface area contributed by atoms with Crippen LogP contribution in [0.4, 0.5) is 13.2 Å². The van der Waals surface area contributed by atoms with Crippen molar-refractivity contribution in [3.05, 3.63) is 48.2 Å². The van der Waals surface area contributed by atoms with Crippen LogP contribution in [0.25, 0.3) is 22.6 Å². The highest BCUT2D eigenvalue weighted by Crippen LogP contribution is 2.33. The number of ether oxygens (including phenoxy) is 1. The van der Waals surface area contributed by atoms with Gasteiger partial charge < -0.3 is 9.72 Å². The van der Waals surface area contributed by atoms with Crippen LogP contribution in [0.2, 0.25) is 0 Å². The molecule has 0 bridgehead atoms. The minimum atomic E-state index is -4.63. The van der Waals surface area contributed by atoms with Crippen molar-refractivity contribution in [2.45, 2.75) is 24.5 Å². The summed E-state index contributed by atoms with van der Waals surface area (Å²) in [6.45, 7) is 1.32. The Hall–Kier alpha value is -2.72. The molecule has 0 aliphatic heterocycles. The lowest BCUT2D eigenvalue weighted by molar-refractivity contribution is -0.146. The topological polar surface area (TPSA) is 85.9 Å². The van der Waals surface area contributed by atoms with E-state index in [0.29, 0.717) is 11.4 Å². The van der Waals surface area contributed by atoms with Gasteiger partial charge in [-0.3, -0.25) is 14.6 Å². The van der Waals surface area contributed by atoms with Crippen LogP contribution in [0.15, 0.2) is 47.4 Å². The van der Waals surface area contributed by atoms with Crippen LogP contribution in [-0.4, -0.2) is 27.3 Å². The summed E-state index contributed by atoms with van der Waals surface area (Å²) in [6.07, 6.45) is -4.63. The first-order valence-electron chi connectivity index (χ1n) is 8.29. The standard InChI is InChI=1S/C18H17F3N4O2S/c1-2-27-17(26)10-25-15(9-16(24-25)18(19,20)21)14-7-6-13(23-14)11-4-3-5-12(8-11)28-22/h3-9,23H,2,10,22H2,1H3. The number of nitrogens with zero attached hydrogens (tertiary/aromatic N) is 2. The Balaban J connectivity index is 1.99. The molecule has 0 aliphatic rings. The molecule has 2 heterocycles. The fourth-order valence-electron chi connectivity index (χ4n) is 2.67. The maximum absolute atomic E-state index is 13.1. The molecule has 28 heavy (non-hydrogen) atoms. The van der Waals surface area contributed by atoms with E-state index in [-0.39, 0.29) is 12.3 Å². The van der Waals surface area contributed by atoms with Crippen molar-refractivity contribution in [2.24, 2.45) is 5.14 Å². The molecule has 3 N–H and O–H groups in total. The Labute approximate surface area is 163 Å². The van der Waals surface area contributed by atoms with E-state index >= 15 is 0 Å². The summed E-state index contributed by atoms with van der Waals surface area (Å²) in [5.74, 6) is -0.667. The molecule has 3 aromatic rings. The van der Waals surface area contributed by atoms with Crippen molar-refractivity contribution in [1.82, 2.24) is 14.8 Å². The third-order valence-corrected chi connectivity index (χ3v) is 4.42. The zero-order valence-corrected chi connectivity index (χ0v) is 15.6. The number of carbonyl (C=O) groups is 1. The number of halogens is 3. The molecule has 0 radical (unpaired) electrons. The molecule has 0 spiro atoms. The number of aromatic amines is 1. The van der Waals surface area contributed by atoms with Gasteiger partial charge in [0.15, 0.2) is 5.69 Å². The van der Waals surface area contributed by atoms with E-state index in [4.69, 9.17) is 9.88 Å². The number of alkyl halides is 3. The van der Waals surface area contributed by atoms with Gasteiger partial charge in [-0.15, -0.1) is 0 Å². The van der Waals surface area contributed by atoms with Gasteiger partial charge in [0.2, 0.25) is 0 Å². The number of carbonyl (C=O) groups excluding carboxylic acids is 1. The number of rotatable bonds is 6. The van der Waals surface area contributed by atoms with Gasteiger partial charge in [-0.1, -0.05) is 12.1 Å². The number of hydrogen-bond donors (Lipinski definition) is 2. The number of nitrogens with one attached hydrogen (secondary N) is 1. The lowest BCUT2D eigenvalue weighted by atomic mass is 10.2. The van der Waals surface area contributed by atoms with E-state index in [0.717, 1.165) is 33.2 Å². The Kier molecular flexibility index (Phi) is 5.80. The number of H-pyrrole nitrogens is 1. The number of aromatic nitrogens is 3. The van der Waals surface area contributed by atoms with Gasteiger partial charge in [-0.2, -0.15) is 18.3 Å². The molecule has 10 heteroatoms. The van der Waals surface area contributed by atoms with Gasteiger partial charge in [0.1, 0.15) is 6.54 Å². The van der Waals surface area contributed by atoms with Gasteiger partial charge in [-0.05, 0) is 54.8 Å². The fraction of sp³-hybridized carbons (Fsp3) is 0.222. The van der Waals surface area contributed by atoms with Crippen LogP contribution >= 0.6 is 11.9 Å². The molecule has 0 saturated heterocycles. The second-order valence-corrected chi connectivity index (χ2v) is 6.51. The van der Waals surface area contributed by atoms with Crippen molar-refractivity contribution in [2.75, 3.05) is 6.61 Å². The molecule has 0 saturated carbocycles. The van der Waals surface area contributed by atoms with Crippen molar-refractivity contribution in [3.8, 4) is 22.6 Å². The highest BCUT2D eigenvalue weighted by molar-refractivity contribution is 7.97. The van der Waals surface area contributed by atoms with E-state index in [1.807, 2.05) is 24.3 Å². The van der Waals surface area contributed by atoms with Crippen LogP contribution in [0.5, 0.6) is 0 Å². The summed E-state index contributed by atoms with van der Waals surface area (Å²) >= 11 is 1.10. The normalized spacial score (nSPS) is 11.6. The lowest BCUT2D eigenvalue weighted by Crippen LogP contribution is -2.16. The number of hydrogen-bond acceptors (Lipinski definition) is 5.